The van der Waals surface area contributed by atoms with Crippen LogP contribution in [0.1, 0.15) is 102 Å². The highest BCUT2D eigenvalue weighted by molar-refractivity contribution is 7.14. The number of ether oxygens (including phenoxy) is 5. The van der Waals surface area contributed by atoms with Crippen LogP contribution in [0.2, 0.25) is 0 Å². The number of nitrogens with one attached hydrogen (secondary N) is 8. The van der Waals surface area contributed by atoms with E-state index in [1.165, 1.54) is 50.4 Å². The third kappa shape index (κ3) is 22.1. The topological polar surface area (TPSA) is 665 Å². The summed E-state index contributed by atoms with van der Waals surface area (Å²) in [6.45, 7) is 5.29. The number of primary amides is 3. The maximum atomic E-state index is 15.2. The van der Waals surface area contributed by atoms with Gasteiger partial charge in [0.25, 0.3) is 11.8 Å². The molecule has 0 spiro atoms. The van der Waals surface area contributed by atoms with Gasteiger partial charge in [0.2, 0.25) is 29.5 Å². The minimum atomic E-state index is -2.20. The van der Waals surface area contributed by atoms with Crippen molar-refractivity contribution in [2.45, 2.75) is 170 Å². The molecule has 0 aliphatic carbocycles. The number of aliphatic hydroxyl groups is 8. The van der Waals surface area contributed by atoms with Crippen LogP contribution in [0.5, 0.6) is 0 Å². The number of aromatic amines is 1. The molecule has 2 aliphatic heterocycles. The van der Waals surface area contributed by atoms with Gasteiger partial charge >= 0.3 is 6.09 Å². The first-order valence-corrected chi connectivity index (χ1v) is 33.1. The molecule has 0 radical (unpaired) electrons. The van der Waals surface area contributed by atoms with Gasteiger partial charge in [-0.1, -0.05) is 6.92 Å². The summed E-state index contributed by atoms with van der Waals surface area (Å²) in [5, 5.41) is 111. The fourth-order valence-corrected chi connectivity index (χ4v) is 11.8. The number of nitrogen functional groups attached to an aromatic ring is 1. The first-order chi connectivity index (χ1) is 47.0. The van der Waals surface area contributed by atoms with Crippen molar-refractivity contribution in [2.24, 2.45) is 34.6 Å². The summed E-state index contributed by atoms with van der Waals surface area (Å²) in [6.07, 6.45) is -22.5. The van der Waals surface area contributed by atoms with Gasteiger partial charge in [0.15, 0.2) is 18.7 Å². The molecule has 0 aromatic carbocycles. The third-order valence-electron chi connectivity index (χ3n) is 15.9. The fourth-order valence-electron chi connectivity index (χ4n) is 10.2. The summed E-state index contributed by atoms with van der Waals surface area (Å²) in [6, 6.07) is -7.87. The Hall–Kier alpha value is -7.73. The van der Waals surface area contributed by atoms with Crippen molar-refractivity contribution in [3.05, 3.63) is 56.8 Å². The van der Waals surface area contributed by atoms with E-state index in [1.54, 1.807) is 10.8 Å². The van der Waals surface area contributed by atoms with Crippen LogP contribution in [0.3, 0.4) is 0 Å². The average Bonchev–Trinajstić information content (AvgIpc) is 1.07. The van der Waals surface area contributed by atoms with Gasteiger partial charge in [0.05, 0.1) is 72.7 Å². The molecule has 8 amide bonds. The number of aromatic nitrogens is 6. The number of H-pyrrole nitrogens is 1. The number of hydrogen-bond acceptors (Lipinski definition) is 33. The lowest BCUT2D eigenvalue weighted by molar-refractivity contribution is -0.372. The maximum absolute atomic E-state index is 15.2. The Morgan fingerprint density at radius 1 is 0.747 bits per heavy atom. The van der Waals surface area contributed by atoms with Crippen molar-refractivity contribution in [2.75, 3.05) is 58.2 Å². The van der Waals surface area contributed by atoms with Crippen molar-refractivity contribution in [1.82, 2.24) is 67.1 Å². The molecule has 550 valence electrons. The normalized spacial score (nSPS) is 23.6. The van der Waals surface area contributed by atoms with Crippen LogP contribution in [0.4, 0.5) is 10.6 Å². The van der Waals surface area contributed by atoms with Crippen LogP contribution < -0.4 is 71.6 Å². The molecule has 2 fully saturated rings. The molecule has 9 unspecified atom stereocenters. The molecule has 28 N–H and O–H groups in total. The molecule has 6 rings (SSSR count). The maximum Gasteiger partial charge on any atom is 0.404 e. The number of nitrogens with two attached hydrogens (primary N) is 6. The van der Waals surface area contributed by atoms with Crippen molar-refractivity contribution in [1.29, 1.82) is 0 Å². The molecule has 4 aromatic rings. The number of carbonyl (C=O) groups is 8. The summed E-state index contributed by atoms with van der Waals surface area (Å²) < 4.78 is 28.7. The number of rotatable bonds is 39. The van der Waals surface area contributed by atoms with E-state index in [4.69, 9.17) is 58.1 Å². The van der Waals surface area contributed by atoms with Gasteiger partial charge in [-0.3, -0.25) is 33.6 Å². The van der Waals surface area contributed by atoms with Gasteiger partial charge in [-0.25, -0.2) is 29.7 Å². The van der Waals surface area contributed by atoms with Crippen LogP contribution in [0.15, 0.2) is 23.3 Å². The first kappa shape index (κ1) is 80.2. The first-order valence-electron chi connectivity index (χ1n) is 31.4. The zero-order valence-corrected chi connectivity index (χ0v) is 56.0. The smallest absolute Gasteiger partial charge is 0.404 e. The number of imidazole rings is 1. The Morgan fingerprint density at radius 3 is 2.09 bits per heavy atom. The number of amides is 8. The zero-order valence-electron chi connectivity index (χ0n) is 54.4. The highest BCUT2D eigenvalue weighted by atomic mass is 32.1. The van der Waals surface area contributed by atoms with Crippen molar-refractivity contribution in [3.63, 3.8) is 0 Å². The molecular formula is C57H89N19O21S2. The van der Waals surface area contributed by atoms with Gasteiger partial charge in [-0.15, -0.1) is 22.7 Å². The number of anilines is 1. The van der Waals surface area contributed by atoms with E-state index < -0.39 is 183 Å². The van der Waals surface area contributed by atoms with E-state index in [1.807, 2.05) is 0 Å². The van der Waals surface area contributed by atoms with Gasteiger partial charge in [0, 0.05) is 48.8 Å². The van der Waals surface area contributed by atoms with E-state index in [9.17, 15) is 74.4 Å². The summed E-state index contributed by atoms with van der Waals surface area (Å²) >= 11 is 2.50. The van der Waals surface area contributed by atoms with Gasteiger partial charge in [-0.05, 0) is 59.7 Å². The standard InChI is InChI=1S/C57H89N19O21S2/c1-22-35(73-48(76-46(22)61)27(14-33(60)80)68-15-26(59)47(62)86)52(90)75-37(43(28-16-65-21-69-28)95-56-45(41(84)39(82)31(17-77)94-56)96-55-42(85)44(97-57(63)92)40(83)32(18-78)93-55)53(91)70-24(3)38(81)23(2)49(87)74-36(25(4)79)51(89)67-13-8-34-71-30(20-98-34)54-72-29(19-99-54)50(88)66-12-7-11-64-10-6-5-9-58/h16,19-21,23-27,31-32,36-45,55-56,64,68,77-79,81-85H,5-15,17-18,58-59H2,1-4H3,(H2,60,80)(H2,62,86)(H2,63,92)(H,65,69)(H,66,88)(H,67,89)(H,70,91)(H,74,87)(H,75,90)(H2,61,73,76)/t23?,24?,25?,26?,27?,31-,32-,36?,37?,38?,39+,40-,41-,42+,43?,44-,45-,55-,56-/m1/s1. The summed E-state index contributed by atoms with van der Waals surface area (Å²) in [5.74, 6) is -8.74. The SMILES string of the molecule is Cc1c(N)nc(C(CC(N)=O)NCC(N)C(N)=O)nc1C(=O)NC(C(=O)NC(C)C(O)C(C)C(=O)NC(C(=O)NCCc1nc(-c2nc(C(=O)NCCCNCCCCN)cs2)cs1)C(C)O)C(O[C@H]1O[C@H](CO)[C@H](O)[C@@H](O)[C@H]1O[C@H]1O[C@H](CO)[C@@H](O)[C@@H](OC(N)=O)[C@@H]1O)c1cnc[nH]1. The highest BCUT2D eigenvalue weighted by Crippen LogP contribution is 2.35. The fraction of sp³-hybridized carbons (Fsp3) is 0.632. The van der Waals surface area contributed by atoms with Crippen LogP contribution in [0.25, 0.3) is 10.7 Å². The number of unbranched alkanes of at least 4 members (excludes halogenated alkanes) is 1. The third-order valence-corrected chi connectivity index (χ3v) is 17.7. The van der Waals surface area contributed by atoms with E-state index in [0.717, 1.165) is 44.9 Å². The highest BCUT2D eigenvalue weighted by Gasteiger charge is 2.54. The number of thiazole rings is 2. The quantitative estimate of drug-likeness (QED) is 0.0185. The Labute approximate surface area is 573 Å². The Morgan fingerprint density at radius 2 is 1.44 bits per heavy atom. The molecule has 99 heavy (non-hydrogen) atoms. The van der Waals surface area contributed by atoms with E-state index in [2.05, 4.69) is 67.1 Å². The van der Waals surface area contributed by atoms with Crippen molar-refractivity contribution < 1.29 is 103 Å². The monoisotopic (exact) mass is 1440 g/mol. The summed E-state index contributed by atoms with van der Waals surface area (Å²) in [5.41, 5.74) is 33.6. The number of carbonyl (C=O) groups excluding carboxylic acids is 8. The number of aliphatic hydroxyl groups excluding tert-OH is 8. The summed E-state index contributed by atoms with van der Waals surface area (Å²) in [7, 11) is 0. The second-order valence-electron chi connectivity index (χ2n) is 23.4. The Bertz CT molecular complexity index is 3320. The molecule has 19 atom stereocenters. The predicted molar refractivity (Wildman–Crippen MR) is 346 cm³/mol. The Kier molecular flexibility index (Phi) is 30.9. The lowest BCUT2D eigenvalue weighted by atomic mass is 9.96. The van der Waals surface area contributed by atoms with E-state index in [-0.39, 0.29) is 54.0 Å². The van der Waals surface area contributed by atoms with Crippen molar-refractivity contribution in [3.8, 4) is 10.7 Å². The second-order valence-corrected chi connectivity index (χ2v) is 25.2. The Balaban J connectivity index is 1.23. The second kappa shape index (κ2) is 38.2. The van der Waals surface area contributed by atoms with E-state index >= 15 is 4.79 Å². The number of hydrogen-bond donors (Lipinski definition) is 22. The average molecular weight is 1440 g/mol. The van der Waals surface area contributed by atoms with E-state index in [0.29, 0.717) is 28.8 Å². The van der Waals surface area contributed by atoms with Crippen LogP contribution >= 0.6 is 22.7 Å². The molecule has 2 saturated heterocycles. The van der Waals surface area contributed by atoms with Gasteiger partial charge < -0.3 is 141 Å². The van der Waals surface area contributed by atoms with Gasteiger partial charge in [0.1, 0.15) is 94.6 Å². The molecule has 0 saturated carbocycles. The van der Waals surface area contributed by atoms with Crippen molar-refractivity contribution >= 4 is 75.9 Å². The van der Waals surface area contributed by atoms with Crippen LogP contribution in [-0.4, -0.2) is 268 Å². The van der Waals surface area contributed by atoms with Gasteiger partial charge in [-0.2, -0.15) is 0 Å². The molecule has 42 heteroatoms. The molecule has 2 aliphatic rings. The molecule has 4 aromatic heterocycles. The number of nitrogens with zero attached hydrogens (tertiary/aromatic N) is 5. The zero-order chi connectivity index (χ0) is 72.9. The largest absolute Gasteiger partial charge is 0.441 e. The predicted octanol–water partition coefficient (Wildman–Crippen LogP) is -8.25. The molecular weight excluding hydrogens is 1350 g/mol. The van der Waals surface area contributed by atoms with Crippen LogP contribution in [0, 0.1) is 12.8 Å². The lowest BCUT2D eigenvalue weighted by Crippen LogP contribution is -2.65. The minimum absolute atomic E-state index is 0.0140. The molecule has 40 nitrogen and oxygen atoms in total. The van der Waals surface area contributed by atoms with Crippen LogP contribution in [-0.2, 0) is 54.1 Å². The minimum Gasteiger partial charge on any atom is -0.441 e. The molecule has 6 heterocycles. The molecule has 0 bridgehead atoms. The summed E-state index contributed by atoms with van der Waals surface area (Å²) in [4.78, 5) is 131. The lowest BCUT2D eigenvalue weighted by Gasteiger charge is -2.47.